The number of hydrogen-bond acceptors (Lipinski definition) is 2. The van der Waals surface area contributed by atoms with Gasteiger partial charge in [-0.2, -0.15) is 13.2 Å². The van der Waals surface area contributed by atoms with Gasteiger partial charge in [0.25, 0.3) is 0 Å². The number of halogens is 3. The van der Waals surface area contributed by atoms with Crippen LogP contribution in [0.1, 0.15) is 23.2 Å². The predicted molar refractivity (Wildman–Crippen MR) is 67.2 cm³/mol. The summed E-state index contributed by atoms with van der Waals surface area (Å²) >= 11 is 0. The van der Waals surface area contributed by atoms with Gasteiger partial charge >= 0.3 is 6.18 Å². The molecule has 0 aliphatic heterocycles. The van der Waals surface area contributed by atoms with E-state index in [2.05, 4.69) is 0 Å². The molecule has 0 saturated carbocycles. The fourth-order valence-corrected chi connectivity index (χ4v) is 1.89. The molecule has 0 aromatic heterocycles. The molecule has 0 bridgehead atoms. The predicted octanol–water partition coefficient (Wildman–Crippen LogP) is 3.65. The molecule has 0 radical (unpaired) electrons. The molecule has 0 amide bonds. The molecule has 0 fully saturated rings. The third-order valence-corrected chi connectivity index (χ3v) is 3.01. The van der Waals surface area contributed by atoms with Crippen molar-refractivity contribution in [1.82, 2.24) is 0 Å². The number of Topliss-reactive ketones (excluding diaryl/α,β-unsaturated/α-hetero) is 2. The molecule has 0 saturated heterocycles. The highest BCUT2D eigenvalue weighted by atomic mass is 19.4. The van der Waals surface area contributed by atoms with Crippen molar-refractivity contribution in [1.29, 1.82) is 0 Å². The molecule has 0 unspecified atom stereocenters. The van der Waals surface area contributed by atoms with Crippen molar-refractivity contribution in [2.75, 3.05) is 0 Å². The van der Waals surface area contributed by atoms with Crippen LogP contribution >= 0.6 is 0 Å². The van der Waals surface area contributed by atoms with Crippen LogP contribution in [-0.2, 0) is 4.79 Å². The van der Waals surface area contributed by atoms with E-state index in [0.717, 1.165) is 12.2 Å². The summed E-state index contributed by atoms with van der Waals surface area (Å²) in [6, 6.07) is 8.33. The minimum absolute atomic E-state index is 0.117. The lowest BCUT2D eigenvalue weighted by molar-refractivity contribution is -0.120. The summed E-state index contributed by atoms with van der Waals surface area (Å²) < 4.78 is 37.4. The molecule has 0 heterocycles. The third kappa shape index (κ3) is 3.23. The van der Waals surface area contributed by atoms with Gasteiger partial charge in [-0.15, -0.1) is 0 Å². The molecule has 1 aromatic rings. The van der Waals surface area contributed by atoms with Gasteiger partial charge in [-0.25, -0.2) is 0 Å². The zero-order valence-electron chi connectivity index (χ0n) is 10.4. The normalized spacial score (nSPS) is 15.7. The van der Waals surface area contributed by atoms with Crippen LogP contribution in [0.3, 0.4) is 0 Å². The van der Waals surface area contributed by atoms with Crippen molar-refractivity contribution in [3.8, 4) is 0 Å². The van der Waals surface area contributed by atoms with Gasteiger partial charge in [-0.1, -0.05) is 42.5 Å². The highest BCUT2D eigenvalue weighted by Gasteiger charge is 2.36. The van der Waals surface area contributed by atoms with E-state index in [4.69, 9.17) is 0 Å². The number of hydrogen-bond donors (Lipinski definition) is 0. The Morgan fingerprint density at radius 1 is 1.10 bits per heavy atom. The van der Waals surface area contributed by atoms with E-state index in [1.165, 1.54) is 0 Å². The summed E-state index contributed by atoms with van der Waals surface area (Å²) in [5.41, 5.74) is -0.322. The van der Waals surface area contributed by atoms with Gasteiger partial charge < -0.3 is 0 Å². The fourth-order valence-electron chi connectivity index (χ4n) is 1.89. The monoisotopic (exact) mass is 280 g/mol. The van der Waals surface area contributed by atoms with Gasteiger partial charge in [0.05, 0.1) is 0 Å². The average Bonchev–Trinajstić information content (AvgIpc) is 2.41. The maximum Gasteiger partial charge on any atom is 0.413 e. The van der Waals surface area contributed by atoms with Crippen molar-refractivity contribution in [3.05, 3.63) is 59.2 Å². The lowest BCUT2D eigenvalue weighted by Gasteiger charge is -2.15. The minimum atomic E-state index is -4.50. The topological polar surface area (TPSA) is 34.1 Å². The number of rotatable bonds is 3. The Kier molecular flexibility index (Phi) is 3.88. The average molecular weight is 280 g/mol. The van der Waals surface area contributed by atoms with Crippen LogP contribution < -0.4 is 0 Å². The van der Waals surface area contributed by atoms with E-state index >= 15 is 0 Å². The fraction of sp³-hybridized carbons (Fsp3) is 0.200. The van der Waals surface area contributed by atoms with Crippen LogP contribution in [0.5, 0.6) is 0 Å². The van der Waals surface area contributed by atoms with Crippen LogP contribution in [0.2, 0.25) is 0 Å². The number of benzene rings is 1. The van der Waals surface area contributed by atoms with E-state index in [9.17, 15) is 22.8 Å². The number of carbonyl (C=O) groups is 2. The first kappa shape index (κ1) is 14.2. The maximum atomic E-state index is 12.5. The van der Waals surface area contributed by atoms with E-state index in [-0.39, 0.29) is 17.8 Å². The number of allylic oxidation sites excluding steroid dienone is 4. The molecule has 20 heavy (non-hydrogen) atoms. The number of ketones is 2. The zero-order chi connectivity index (χ0) is 14.8. The van der Waals surface area contributed by atoms with E-state index < -0.39 is 24.0 Å². The molecule has 2 rings (SSSR count). The second-order valence-corrected chi connectivity index (χ2v) is 4.45. The molecule has 2 nitrogen and oxygen atoms in total. The smallest absolute Gasteiger partial charge is 0.294 e. The molecule has 0 atom stereocenters. The first-order valence-electron chi connectivity index (χ1n) is 5.96. The summed E-state index contributed by atoms with van der Waals surface area (Å²) in [5.74, 6) is -0.932. The Morgan fingerprint density at radius 2 is 1.75 bits per heavy atom. The van der Waals surface area contributed by atoms with Crippen LogP contribution in [0.25, 0.3) is 0 Å². The summed E-state index contributed by atoms with van der Waals surface area (Å²) in [6.45, 7) is 0. The van der Waals surface area contributed by atoms with Gasteiger partial charge in [0.15, 0.2) is 11.6 Å². The van der Waals surface area contributed by atoms with Crippen LogP contribution in [0.15, 0.2) is 53.6 Å². The van der Waals surface area contributed by atoms with E-state index in [1.54, 1.807) is 30.3 Å². The molecular formula is C15H11F3O2. The number of carbonyl (C=O) groups excluding carboxylic acids is 2. The van der Waals surface area contributed by atoms with Crippen LogP contribution in [0, 0.1) is 0 Å². The first-order chi connectivity index (χ1) is 9.38. The van der Waals surface area contributed by atoms with Gasteiger partial charge in [-0.3, -0.25) is 9.59 Å². The van der Waals surface area contributed by atoms with E-state index in [0.29, 0.717) is 5.56 Å². The molecule has 1 aliphatic carbocycles. The molecule has 5 heteroatoms. The Hall–Kier alpha value is -2.17. The molecule has 1 aliphatic rings. The van der Waals surface area contributed by atoms with Crippen molar-refractivity contribution in [2.45, 2.75) is 19.0 Å². The lowest BCUT2D eigenvalue weighted by Crippen LogP contribution is -2.20. The summed E-state index contributed by atoms with van der Waals surface area (Å²) in [5, 5.41) is 0. The SMILES string of the molecule is O=C1CC(C(F)(F)F)=CC=C1CC(=O)c1ccccc1. The molecule has 0 spiro atoms. The summed E-state index contributed by atoms with van der Waals surface area (Å²) in [7, 11) is 0. The number of alkyl halides is 3. The quantitative estimate of drug-likeness (QED) is 0.792. The van der Waals surface area contributed by atoms with Crippen molar-refractivity contribution in [2.24, 2.45) is 0 Å². The Morgan fingerprint density at radius 3 is 2.30 bits per heavy atom. The van der Waals surface area contributed by atoms with Gasteiger partial charge in [0.2, 0.25) is 0 Å². The minimum Gasteiger partial charge on any atom is -0.294 e. The van der Waals surface area contributed by atoms with Crippen LogP contribution in [-0.4, -0.2) is 17.7 Å². The third-order valence-electron chi connectivity index (χ3n) is 3.01. The summed E-state index contributed by atoms with van der Waals surface area (Å²) in [6.07, 6.45) is -3.41. The highest BCUT2D eigenvalue weighted by Crippen LogP contribution is 2.32. The largest absolute Gasteiger partial charge is 0.413 e. The Balaban J connectivity index is 2.15. The Bertz CT molecular complexity index is 595. The second-order valence-electron chi connectivity index (χ2n) is 4.45. The molecule has 1 aromatic carbocycles. The maximum absolute atomic E-state index is 12.5. The molecule has 104 valence electrons. The van der Waals surface area contributed by atoms with Gasteiger partial charge in [0.1, 0.15) is 0 Å². The molecule has 0 N–H and O–H groups in total. The summed E-state index contributed by atoms with van der Waals surface area (Å²) in [4.78, 5) is 23.6. The molecular weight excluding hydrogens is 269 g/mol. The second kappa shape index (κ2) is 5.45. The van der Waals surface area contributed by atoms with Gasteiger partial charge in [0, 0.05) is 29.6 Å². The van der Waals surface area contributed by atoms with E-state index in [1.807, 2.05) is 0 Å². The lowest BCUT2D eigenvalue weighted by atomic mass is 9.92. The Labute approximate surface area is 113 Å². The highest BCUT2D eigenvalue weighted by molar-refractivity contribution is 6.07. The van der Waals surface area contributed by atoms with Gasteiger partial charge in [-0.05, 0) is 0 Å². The van der Waals surface area contributed by atoms with Crippen LogP contribution in [0.4, 0.5) is 13.2 Å². The van der Waals surface area contributed by atoms with Crippen molar-refractivity contribution >= 4 is 11.6 Å². The zero-order valence-corrected chi connectivity index (χ0v) is 10.4. The first-order valence-corrected chi connectivity index (χ1v) is 5.96. The van der Waals surface area contributed by atoms with Crippen molar-refractivity contribution < 1.29 is 22.8 Å². The standard InChI is InChI=1S/C15H11F3O2/c16-15(17,18)12-7-6-11(14(20)9-12)8-13(19)10-4-2-1-3-5-10/h1-7H,8-9H2. The van der Waals surface area contributed by atoms with Crippen molar-refractivity contribution in [3.63, 3.8) is 0 Å².